The standard InChI is InChI=1S/C13H13Cl2N3O2S/c14-8-1-2-11(15)10(5-8)13-12(16)6-18(17-13)9-3-4-21(19,20)7-9/h1-2,5-6,9H,3-4,7,16H2. The third-order valence-corrected chi connectivity index (χ3v) is 5.84. The third kappa shape index (κ3) is 2.88. The second-order valence-corrected chi connectivity index (χ2v) is 8.17. The van der Waals surface area contributed by atoms with Gasteiger partial charge in [-0.1, -0.05) is 23.2 Å². The Bertz CT molecular complexity index is 802. The van der Waals surface area contributed by atoms with Gasteiger partial charge in [0.05, 0.1) is 28.3 Å². The van der Waals surface area contributed by atoms with Gasteiger partial charge < -0.3 is 5.73 Å². The molecule has 1 atom stereocenters. The van der Waals surface area contributed by atoms with Gasteiger partial charge in [0.2, 0.25) is 0 Å². The van der Waals surface area contributed by atoms with Gasteiger partial charge in [-0.25, -0.2) is 8.42 Å². The summed E-state index contributed by atoms with van der Waals surface area (Å²) in [6.45, 7) is 0. The van der Waals surface area contributed by atoms with E-state index in [4.69, 9.17) is 28.9 Å². The molecule has 8 heteroatoms. The predicted molar refractivity (Wildman–Crippen MR) is 84.4 cm³/mol. The van der Waals surface area contributed by atoms with E-state index >= 15 is 0 Å². The van der Waals surface area contributed by atoms with Crippen LogP contribution in [0.5, 0.6) is 0 Å². The first-order valence-corrected chi connectivity index (χ1v) is 8.94. The summed E-state index contributed by atoms with van der Waals surface area (Å²) in [6, 6.07) is 4.88. The molecule has 2 heterocycles. The van der Waals surface area contributed by atoms with E-state index < -0.39 is 9.84 Å². The zero-order valence-electron chi connectivity index (χ0n) is 11.0. The van der Waals surface area contributed by atoms with Gasteiger partial charge in [-0.2, -0.15) is 5.10 Å². The number of anilines is 1. The summed E-state index contributed by atoms with van der Waals surface area (Å²) in [4.78, 5) is 0. The van der Waals surface area contributed by atoms with Crippen molar-refractivity contribution in [3.8, 4) is 11.3 Å². The highest BCUT2D eigenvalue weighted by molar-refractivity contribution is 7.91. The summed E-state index contributed by atoms with van der Waals surface area (Å²) in [7, 11) is -2.98. The first kappa shape index (κ1) is 14.7. The molecular formula is C13H13Cl2N3O2S. The van der Waals surface area contributed by atoms with Gasteiger partial charge in [-0.3, -0.25) is 4.68 Å². The van der Waals surface area contributed by atoms with E-state index in [1.54, 1.807) is 29.1 Å². The molecule has 21 heavy (non-hydrogen) atoms. The van der Waals surface area contributed by atoms with Gasteiger partial charge in [0.25, 0.3) is 0 Å². The number of nitrogens with zero attached hydrogens (tertiary/aromatic N) is 2. The van der Waals surface area contributed by atoms with Crippen molar-refractivity contribution in [2.45, 2.75) is 12.5 Å². The molecule has 1 aliphatic heterocycles. The first-order valence-electron chi connectivity index (χ1n) is 6.36. The molecule has 0 bridgehead atoms. The van der Waals surface area contributed by atoms with Crippen molar-refractivity contribution >= 4 is 38.7 Å². The summed E-state index contributed by atoms with van der Waals surface area (Å²) >= 11 is 12.1. The lowest BCUT2D eigenvalue weighted by Gasteiger charge is -2.07. The SMILES string of the molecule is Nc1cn(C2CCS(=O)(=O)C2)nc1-c1cc(Cl)ccc1Cl. The van der Waals surface area contributed by atoms with Crippen molar-refractivity contribution in [2.24, 2.45) is 0 Å². The lowest BCUT2D eigenvalue weighted by Crippen LogP contribution is -2.11. The number of nitrogen functional groups attached to an aromatic ring is 1. The topological polar surface area (TPSA) is 78.0 Å². The number of hydrogen-bond donors (Lipinski definition) is 1. The van der Waals surface area contributed by atoms with E-state index in [1.165, 1.54) is 0 Å². The fourth-order valence-electron chi connectivity index (χ4n) is 2.47. The molecule has 1 fully saturated rings. The van der Waals surface area contributed by atoms with Gasteiger partial charge in [-0.15, -0.1) is 0 Å². The molecule has 0 aliphatic carbocycles. The first-order chi connectivity index (χ1) is 9.85. The summed E-state index contributed by atoms with van der Waals surface area (Å²) < 4.78 is 24.7. The predicted octanol–water partition coefficient (Wildman–Crippen LogP) is 2.80. The minimum atomic E-state index is -2.98. The summed E-state index contributed by atoms with van der Waals surface area (Å²) in [6.07, 6.45) is 2.20. The van der Waals surface area contributed by atoms with Crippen molar-refractivity contribution in [1.82, 2.24) is 9.78 Å². The minimum absolute atomic E-state index is 0.0941. The molecule has 1 unspecified atom stereocenters. The average molecular weight is 346 g/mol. The van der Waals surface area contributed by atoms with E-state index in [2.05, 4.69) is 5.10 Å². The summed E-state index contributed by atoms with van der Waals surface area (Å²) in [5.41, 5.74) is 7.60. The second-order valence-electron chi connectivity index (χ2n) is 5.09. The number of halogens is 2. The van der Waals surface area contributed by atoms with E-state index in [0.717, 1.165) is 0 Å². The quantitative estimate of drug-likeness (QED) is 0.907. The zero-order chi connectivity index (χ0) is 15.2. The van der Waals surface area contributed by atoms with Crippen molar-refractivity contribution < 1.29 is 8.42 Å². The van der Waals surface area contributed by atoms with Crippen molar-refractivity contribution in [1.29, 1.82) is 0 Å². The molecule has 1 aromatic carbocycles. The fraction of sp³-hybridized carbons (Fsp3) is 0.308. The van der Waals surface area contributed by atoms with E-state index in [9.17, 15) is 8.42 Å². The van der Waals surface area contributed by atoms with Crippen LogP contribution in [-0.2, 0) is 9.84 Å². The molecule has 1 aromatic heterocycles. The largest absolute Gasteiger partial charge is 0.396 e. The van der Waals surface area contributed by atoms with Gasteiger partial charge >= 0.3 is 0 Å². The maximum Gasteiger partial charge on any atom is 0.152 e. The van der Waals surface area contributed by atoms with Gasteiger partial charge in [0.1, 0.15) is 5.69 Å². The molecular weight excluding hydrogens is 333 g/mol. The Balaban J connectivity index is 2.01. The Morgan fingerprint density at radius 1 is 1.33 bits per heavy atom. The maximum atomic E-state index is 11.6. The van der Waals surface area contributed by atoms with Gasteiger partial charge in [0.15, 0.2) is 9.84 Å². The molecule has 2 aromatic rings. The number of benzene rings is 1. The van der Waals surface area contributed by atoms with Crippen LogP contribution in [0.15, 0.2) is 24.4 Å². The number of rotatable bonds is 2. The Hall–Kier alpha value is -1.24. The molecule has 0 amide bonds. The van der Waals surface area contributed by atoms with Crippen molar-refractivity contribution in [2.75, 3.05) is 17.2 Å². The zero-order valence-corrected chi connectivity index (χ0v) is 13.3. The van der Waals surface area contributed by atoms with E-state index in [-0.39, 0.29) is 17.5 Å². The molecule has 0 spiro atoms. The van der Waals surface area contributed by atoms with Gasteiger partial charge in [-0.05, 0) is 24.6 Å². The summed E-state index contributed by atoms with van der Waals surface area (Å²) in [5, 5.41) is 5.44. The van der Waals surface area contributed by atoms with E-state index in [1.807, 2.05) is 0 Å². The number of sulfone groups is 1. The molecule has 5 nitrogen and oxygen atoms in total. The van der Waals surface area contributed by atoms with Gasteiger partial charge in [0, 0.05) is 16.8 Å². The Labute approximate surface area is 132 Å². The van der Waals surface area contributed by atoms with Crippen LogP contribution in [0.4, 0.5) is 5.69 Å². The van der Waals surface area contributed by atoms with Crippen LogP contribution in [-0.4, -0.2) is 29.7 Å². The second kappa shape index (κ2) is 5.19. The molecule has 0 saturated carbocycles. The Kier molecular flexibility index (Phi) is 3.63. The molecule has 1 saturated heterocycles. The molecule has 1 aliphatic rings. The van der Waals surface area contributed by atoms with Crippen LogP contribution in [0.3, 0.4) is 0 Å². The minimum Gasteiger partial charge on any atom is -0.396 e. The average Bonchev–Trinajstić information content (AvgIpc) is 2.95. The molecule has 0 radical (unpaired) electrons. The highest BCUT2D eigenvalue weighted by Gasteiger charge is 2.30. The van der Waals surface area contributed by atoms with Crippen LogP contribution in [0.1, 0.15) is 12.5 Å². The third-order valence-electron chi connectivity index (χ3n) is 3.53. The lowest BCUT2D eigenvalue weighted by molar-refractivity contribution is 0.501. The fourth-order valence-corrected chi connectivity index (χ4v) is 4.55. The van der Waals surface area contributed by atoms with Crippen molar-refractivity contribution in [3.05, 3.63) is 34.4 Å². The van der Waals surface area contributed by atoms with Crippen molar-refractivity contribution in [3.63, 3.8) is 0 Å². The Morgan fingerprint density at radius 3 is 2.76 bits per heavy atom. The van der Waals surface area contributed by atoms with Crippen LogP contribution in [0.2, 0.25) is 10.0 Å². The smallest absolute Gasteiger partial charge is 0.152 e. The normalized spacial score (nSPS) is 20.8. The lowest BCUT2D eigenvalue weighted by atomic mass is 10.1. The highest BCUT2D eigenvalue weighted by Crippen LogP contribution is 2.34. The van der Waals surface area contributed by atoms with Crippen LogP contribution >= 0.6 is 23.2 Å². The molecule has 3 rings (SSSR count). The van der Waals surface area contributed by atoms with Crippen LogP contribution < -0.4 is 5.73 Å². The number of aromatic nitrogens is 2. The number of hydrogen-bond acceptors (Lipinski definition) is 4. The summed E-state index contributed by atoms with van der Waals surface area (Å²) in [5.74, 6) is 0.279. The Morgan fingerprint density at radius 2 is 2.10 bits per heavy atom. The van der Waals surface area contributed by atoms with E-state index in [0.29, 0.717) is 33.4 Å². The number of nitrogens with two attached hydrogens (primary N) is 1. The van der Waals surface area contributed by atoms with Crippen LogP contribution in [0, 0.1) is 0 Å². The molecule has 2 N–H and O–H groups in total. The van der Waals surface area contributed by atoms with Crippen LogP contribution in [0.25, 0.3) is 11.3 Å². The maximum absolute atomic E-state index is 11.6. The molecule has 112 valence electrons. The monoisotopic (exact) mass is 345 g/mol. The highest BCUT2D eigenvalue weighted by atomic mass is 35.5.